The van der Waals surface area contributed by atoms with Crippen LogP contribution in [0, 0.1) is 20.8 Å². The van der Waals surface area contributed by atoms with Crippen LogP contribution in [0.15, 0.2) is 42.5 Å². The van der Waals surface area contributed by atoms with E-state index in [0.29, 0.717) is 19.6 Å². The zero-order chi connectivity index (χ0) is 16.7. The molecule has 3 heteroatoms. The molecule has 122 valence electrons. The topological polar surface area (TPSA) is 38.3 Å². The van der Waals surface area contributed by atoms with E-state index in [9.17, 15) is 4.79 Å². The third kappa shape index (κ3) is 5.44. The number of hydrogen-bond donors (Lipinski definition) is 1. The van der Waals surface area contributed by atoms with Crippen LogP contribution in [0.5, 0.6) is 5.75 Å². The Labute approximate surface area is 138 Å². The zero-order valence-electron chi connectivity index (χ0n) is 14.2. The van der Waals surface area contributed by atoms with Gasteiger partial charge in [0.25, 0.3) is 0 Å². The first kappa shape index (κ1) is 17.1. The van der Waals surface area contributed by atoms with E-state index in [0.717, 1.165) is 17.7 Å². The van der Waals surface area contributed by atoms with E-state index in [-0.39, 0.29) is 5.91 Å². The average molecular weight is 311 g/mol. The highest BCUT2D eigenvalue weighted by Crippen LogP contribution is 2.22. The van der Waals surface area contributed by atoms with Crippen molar-refractivity contribution in [3.8, 4) is 5.75 Å². The minimum Gasteiger partial charge on any atom is -0.491 e. The second-order valence-corrected chi connectivity index (χ2v) is 5.89. The van der Waals surface area contributed by atoms with Crippen LogP contribution >= 0.6 is 0 Å². The molecule has 0 aliphatic carbocycles. The Morgan fingerprint density at radius 1 is 1.00 bits per heavy atom. The second-order valence-electron chi connectivity index (χ2n) is 5.89. The van der Waals surface area contributed by atoms with Crippen molar-refractivity contribution in [1.29, 1.82) is 0 Å². The van der Waals surface area contributed by atoms with E-state index >= 15 is 0 Å². The normalized spacial score (nSPS) is 10.4. The van der Waals surface area contributed by atoms with E-state index in [1.54, 1.807) is 0 Å². The van der Waals surface area contributed by atoms with Crippen LogP contribution in [0.2, 0.25) is 0 Å². The number of ether oxygens (including phenoxy) is 1. The number of hydrogen-bond acceptors (Lipinski definition) is 2. The molecular formula is C20H25NO2. The van der Waals surface area contributed by atoms with Gasteiger partial charge in [0.05, 0.1) is 6.54 Å². The standard InChI is InChI=1S/C20H25NO2/c1-15-13-17(3)19(14-16(15)2)23-12-11-21-20(22)10-9-18-7-5-4-6-8-18/h4-8,13-14H,9-12H2,1-3H3,(H,21,22). The fraction of sp³-hybridized carbons (Fsp3) is 0.350. The molecule has 1 N–H and O–H groups in total. The highest BCUT2D eigenvalue weighted by molar-refractivity contribution is 5.76. The van der Waals surface area contributed by atoms with Gasteiger partial charge < -0.3 is 10.1 Å². The molecule has 2 rings (SSSR count). The maximum absolute atomic E-state index is 11.8. The molecule has 0 unspecified atom stereocenters. The molecule has 2 aromatic carbocycles. The second kappa shape index (κ2) is 8.37. The smallest absolute Gasteiger partial charge is 0.220 e. The molecule has 0 aliphatic heterocycles. The Bertz CT molecular complexity index is 650. The molecule has 3 nitrogen and oxygen atoms in total. The monoisotopic (exact) mass is 311 g/mol. The maximum Gasteiger partial charge on any atom is 0.220 e. The molecular weight excluding hydrogens is 286 g/mol. The first-order chi connectivity index (χ1) is 11.1. The molecule has 0 heterocycles. The van der Waals surface area contributed by atoms with Gasteiger partial charge in [0, 0.05) is 6.42 Å². The Balaban J connectivity index is 1.69. The van der Waals surface area contributed by atoms with Gasteiger partial charge >= 0.3 is 0 Å². The summed E-state index contributed by atoms with van der Waals surface area (Å²) in [4.78, 5) is 11.8. The third-order valence-corrected chi connectivity index (χ3v) is 3.96. The summed E-state index contributed by atoms with van der Waals surface area (Å²) in [6.07, 6.45) is 1.27. The van der Waals surface area contributed by atoms with Crippen LogP contribution in [0.3, 0.4) is 0 Å². The summed E-state index contributed by atoms with van der Waals surface area (Å²) in [5.41, 5.74) is 4.80. The molecule has 1 amide bonds. The predicted octanol–water partition coefficient (Wildman–Crippen LogP) is 3.74. The van der Waals surface area contributed by atoms with Crippen molar-refractivity contribution in [2.75, 3.05) is 13.2 Å². The van der Waals surface area contributed by atoms with Gasteiger partial charge in [-0.15, -0.1) is 0 Å². The van der Waals surface area contributed by atoms with E-state index in [4.69, 9.17) is 4.74 Å². The molecule has 0 aromatic heterocycles. The third-order valence-electron chi connectivity index (χ3n) is 3.96. The van der Waals surface area contributed by atoms with Crippen molar-refractivity contribution in [3.63, 3.8) is 0 Å². The van der Waals surface area contributed by atoms with E-state index in [2.05, 4.69) is 31.3 Å². The Kier molecular flexibility index (Phi) is 6.21. The highest BCUT2D eigenvalue weighted by atomic mass is 16.5. The van der Waals surface area contributed by atoms with Crippen LogP contribution in [0.1, 0.15) is 28.7 Å². The lowest BCUT2D eigenvalue weighted by Crippen LogP contribution is -2.28. The summed E-state index contributed by atoms with van der Waals surface area (Å²) in [6, 6.07) is 14.2. The van der Waals surface area contributed by atoms with E-state index < -0.39 is 0 Å². The molecule has 0 atom stereocenters. The van der Waals surface area contributed by atoms with Gasteiger partial charge in [0.1, 0.15) is 12.4 Å². The van der Waals surface area contributed by atoms with Gasteiger partial charge in [-0.3, -0.25) is 4.79 Å². The zero-order valence-corrected chi connectivity index (χ0v) is 14.2. The van der Waals surface area contributed by atoms with Crippen molar-refractivity contribution in [2.45, 2.75) is 33.6 Å². The van der Waals surface area contributed by atoms with Crippen LogP contribution in [-0.2, 0) is 11.2 Å². The summed E-state index contributed by atoms with van der Waals surface area (Å²) in [5.74, 6) is 0.959. The summed E-state index contributed by atoms with van der Waals surface area (Å²) < 4.78 is 5.77. The molecule has 23 heavy (non-hydrogen) atoms. The van der Waals surface area contributed by atoms with Crippen LogP contribution in [0.25, 0.3) is 0 Å². The summed E-state index contributed by atoms with van der Waals surface area (Å²) in [5, 5.41) is 2.90. The summed E-state index contributed by atoms with van der Waals surface area (Å²) in [6.45, 7) is 7.23. The molecule has 0 fully saturated rings. The maximum atomic E-state index is 11.8. The molecule has 0 aliphatic rings. The van der Waals surface area contributed by atoms with E-state index in [1.165, 1.54) is 16.7 Å². The summed E-state index contributed by atoms with van der Waals surface area (Å²) in [7, 11) is 0. The molecule has 0 saturated heterocycles. The number of carbonyl (C=O) groups is 1. The molecule has 2 aromatic rings. The predicted molar refractivity (Wildman–Crippen MR) is 93.9 cm³/mol. The first-order valence-electron chi connectivity index (χ1n) is 8.07. The minimum atomic E-state index is 0.0641. The number of aryl methyl sites for hydroxylation is 4. The van der Waals surface area contributed by atoms with Crippen molar-refractivity contribution < 1.29 is 9.53 Å². The van der Waals surface area contributed by atoms with Gasteiger partial charge in [-0.2, -0.15) is 0 Å². The lowest BCUT2D eigenvalue weighted by molar-refractivity contribution is -0.121. The van der Waals surface area contributed by atoms with Gasteiger partial charge in [-0.25, -0.2) is 0 Å². The quantitative estimate of drug-likeness (QED) is 0.791. The lowest BCUT2D eigenvalue weighted by Gasteiger charge is -2.12. The fourth-order valence-corrected chi connectivity index (χ4v) is 2.43. The van der Waals surface area contributed by atoms with Crippen molar-refractivity contribution in [1.82, 2.24) is 5.32 Å². The number of amides is 1. The minimum absolute atomic E-state index is 0.0641. The molecule has 0 bridgehead atoms. The molecule has 0 saturated carbocycles. The average Bonchev–Trinajstić information content (AvgIpc) is 2.55. The van der Waals surface area contributed by atoms with Gasteiger partial charge in [0.15, 0.2) is 0 Å². The largest absolute Gasteiger partial charge is 0.491 e. The van der Waals surface area contributed by atoms with Gasteiger partial charge in [-0.05, 0) is 55.5 Å². The molecule has 0 spiro atoms. The highest BCUT2D eigenvalue weighted by Gasteiger charge is 2.04. The summed E-state index contributed by atoms with van der Waals surface area (Å²) >= 11 is 0. The van der Waals surface area contributed by atoms with Crippen LogP contribution in [-0.4, -0.2) is 19.1 Å². The van der Waals surface area contributed by atoms with Crippen molar-refractivity contribution in [2.24, 2.45) is 0 Å². The van der Waals surface area contributed by atoms with Crippen LogP contribution < -0.4 is 10.1 Å². The number of benzene rings is 2. The fourth-order valence-electron chi connectivity index (χ4n) is 2.43. The van der Waals surface area contributed by atoms with Crippen LogP contribution in [0.4, 0.5) is 0 Å². The Morgan fingerprint density at radius 2 is 1.70 bits per heavy atom. The SMILES string of the molecule is Cc1cc(C)c(OCCNC(=O)CCc2ccccc2)cc1C. The van der Waals surface area contributed by atoms with Gasteiger partial charge in [-0.1, -0.05) is 36.4 Å². The number of nitrogens with one attached hydrogen (secondary N) is 1. The first-order valence-corrected chi connectivity index (χ1v) is 8.07. The van der Waals surface area contributed by atoms with E-state index in [1.807, 2.05) is 37.3 Å². The molecule has 0 radical (unpaired) electrons. The Hall–Kier alpha value is -2.29. The van der Waals surface area contributed by atoms with Crippen molar-refractivity contribution in [3.05, 3.63) is 64.7 Å². The lowest BCUT2D eigenvalue weighted by atomic mass is 10.1. The van der Waals surface area contributed by atoms with Gasteiger partial charge in [0.2, 0.25) is 5.91 Å². The number of carbonyl (C=O) groups excluding carboxylic acids is 1. The number of rotatable bonds is 7. The van der Waals surface area contributed by atoms with Crippen molar-refractivity contribution >= 4 is 5.91 Å². The Morgan fingerprint density at radius 3 is 2.43 bits per heavy atom.